The Morgan fingerprint density at radius 2 is 1.69 bits per heavy atom. The molecule has 10 heteroatoms. The zero-order valence-corrected chi connectivity index (χ0v) is 19.6. The van der Waals surface area contributed by atoms with Gasteiger partial charge in [-0.15, -0.1) is 0 Å². The van der Waals surface area contributed by atoms with Gasteiger partial charge in [0.05, 0.1) is 23.5 Å². The molecule has 35 heavy (non-hydrogen) atoms. The molecule has 0 bridgehead atoms. The summed E-state index contributed by atoms with van der Waals surface area (Å²) >= 11 is 0. The molecule has 2 N–H and O–H groups in total. The van der Waals surface area contributed by atoms with Gasteiger partial charge in [-0.05, 0) is 48.4 Å². The van der Waals surface area contributed by atoms with Gasteiger partial charge in [-0.3, -0.25) is 14.9 Å². The smallest absolute Gasteiger partial charge is 0.269 e. The number of nitro benzene ring substituents is 1. The number of sulfonamides is 1. The number of non-ortho nitro benzene ring substituents is 1. The van der Waals surface area contributed by atoms with Gasteiger partial charge in [-0.2, -0.15) is 4.31 Å². The maximum absolute atomic E-state index is 13.5. The molecule has 0 aliphatic rings. The van der Waals surface area contributed by atoms with Crippen molar-refractivity contribution in [1.82, 2.24) is 4.31 Å². The van der Waals surface area contributed by atoms with Crippen LogP contribution in [0, 0.1) is 22.0 Å². The van der Waals surface area contributed by atoms with E-state index in [1.54, 1.807) is 61.7 Å². The monoisotopic (exact) mass is 493 g/mol. The summed E-state index contributed by atoms with van der Waals surface area (Å²) in [6.07, 6.45) is 0.0343. The summed E-state index contributed by atoms with van der Waals surface area (Å²) < 4.78 is 33.1. The Balaban J connectivity index is 1.99. The van der Waals surface area contributed by atoms with Gasteiger partial charge in [0.1, 0.15) is 11.8 Å². The lowest BCUT2D eigenvalue weighted by atomic mass is 10.1. The Morgan fingerprint density at radius 1 is 1.06 bits per heavy atom. The molecule has 0 heterocycles. The molecule has 0 spiro atoms. The standard InChI is InChI=1S/C25H23N3O6S/c1-34-22-13-9-19(10-14-22)8-5-17-27(24(25(26)29)18-20-6-3-2-4-7-20)35(32,33)23-15-11-21(12-16-23)28(30)31/h2-4,6-7,9-16,24H,17-18H2,1H3,(H2,26,29)/t24-/m0/s1. The number of benzene rings is 3. The number of nitro groups is 1. The minimum Gasteiger partial charge on any atom is -0.497 e. The van der Waals surface area contributed by atoms with Crippen LogP contribution in [0.5, 0.6) is 5.75 Å². The minimum absolute atomic E-state index is 0.0343. The van der Waals surface area contributed by atoms with Crippen molar-refractivity contribution in [2.24, 2.45) is 5.73 Å². The van der Waals surface area contributed by atoms with E-state index in [4.69, 9.17) is 10.5 Å². The Labute approximate surface area is 203 Å². The summed E-state index contributed by atoms with van der Waals surface area (Å²) in [5.41, 5.74) is 6.72. The Kier molecular flexibility index (Phi) is 8.20. The second-order valence-corrected chi connectivity index (χ2v) is 9.33. The third-order valence-electron chi connectivity index (χ3n) is 5.16. The number of rotatable bonds is 9. The van der Waals surface area contributed by atoms with Crippen molar-refractivity contribution >= 4 is 21.6 Å². The van der Waals surface area contributed by atoms with Gasteiger partial charge >= 0.3 is 0 Å². The average molecular weight is 494 g/mol. The molecular weight excluding hydrogens is 470 g/mol. The largest absolute Gasteiger partial charge is 0.497 e. The van der Waals surface area contributed by atoms with Crippen molar-refractivity contribution < 1.29 is 22.9 Å². The predicted octanol–water partition coefficient (Wildman–Crippen LogP) is 2.74. The molecule has 180 valence electrons. The normalized spacial score (nSPS) is 11.8. The molecule has 9 nitrogen and oxygen atoms in total. The maximum Gasteiger partial charge on any atom is 0.269 e. The molecule has 0 radical (unpaired) electrons. The highest BCUT2D eigenvalue weighted by atomic mass is 32.2. The number of methoxy groups -OCH3 is 1. The molecule has 0 aliphatic carbocycles. The van der Waals surface area contributed by atoms with E-state index in [-0.39, 0.29) is 23.5 Å². The van der Waals surface area contributed by atoms with Crippen LogP contribution in [-0.2, 0) is 21.2 Å². The van der Waals surface area contributed by atoms with Gasteiger partial charge in [0.25, 0.3) is 5.69 Å². The molecule has 0 fully saturated rings. The fraction of sp³-hybridized carbons (Fsp3) is 0.160. The summed E-state index contributed by atoms with van der Waals surface area (Å²) in [6, 6.07) is 18.9. The highest BCUT2D eigenvalue weighted by molar-refractivity contribution is 7.89. The highest BCUT2D eigenvalue weighted by Crippen LogP contribution is 2.23. The second kappa shape index (κ2) is 11.3. The van der Waals surface area contributed by atoms with Crippen LogP contribution in [0.1, 0.15) is 11.1 Å². The van der Waals surface area contributed by atoms with Crippen molar-refractivity contribution in [2.45, 2.75) is 17.4 Å². The lowest BCUT2D eigenvalue weighted by Gasteiger charge is -2.27. The number of ether oxygens (including phenoxy) is 1. The van der Waals surface area contributed by atoms with E-state index in [0.29, 0.717) is 16.9 Å². The van der Waals surface area contributed by atoms with E-state index in [0.717, 1.165) is 28.6 Å². The van der Waals surface area contributed by atoms with Crippen molar-refractivity contribution in [3.05, 3.63) is 100 Å². The van der Waals surface area contributed by atoms with E-state index in [2.05, 4.69) is 11.8 Å². The SMILES string of the molecule is COc1ccc(C#CCN([C@@H](Cc2ccccc2)C(N)=O)S(=O)(=O)c2ccc([N+](=O)[O-])cc2)cc1. The number of hydrogen-bond acceptors (Lipinski definition) is 6. The molecule has 3 rings (SSSR count). The fourth-order valence-electron chi connectivity index (χ4n) is 3.31. The molecule has 3 aromatic rings. The number of amides is 1. The molecule has 0 aromatic heterocycles. The maximum atomic E-state index is 13.5. The van der Waals surface area contributed by atoms with Gasteiger partial charge in [0.15, 0.2) is 0 Å². The third kappa shape index (κ3) is 6.44. The molecule has 0 saturated heterocycles. The summed E-state index contributed by atoms with van der Waals surface area (Å²) in [7, 11) is -2.75. The van der Waals surface area contributed by atoms with Gasteiger partial charge in [0, 0.05) is 17.7 Å². The number of carbonyl (C=O) groups excluding carboxylic acids is 1. The quantitative estimate of drug-likeness (QED) is 0.277. The van der Waals surface area contributed by atoms with Crippen LogP contribution in [0.2, 0.25) is 0 Å². The molecule has 3 aromatic carbocycles. The predicted molar refractivity (Wildman–Crippen MR) is 130 cm³/mol. The van der Waals surface area contributed by atoms with Crippen LogP contribution >= 0.6 is 0 Å². The van der Waals surface area contributed by atoms with Crippen LogP contribution < -0.4 is 10.5 Å². The van der Waals surface area contributed by atoms with Crippen LogP contribution in [-0.4, -0.2) is 43.2 Å². The fourth-order valence-corrected chi connectivity index (χ4v) is 4.81. The van der Waals surface area contributed by atoms with E-state index in [1.807, 2.05) is 0 Å². The summed E-state index contributed by atoms with van der Waals surface area (Å²) in [4.78, 5) is 22.6. The highest BCUT2D eigenvalue weighted by Gasteiger charge is 2.34. The first-order chi connectivity index (χ1) is 16.7. The number of hydrogen-bond donors (Lipinski definition) is 1. The van der Waals surface area contributed by atoms with Crippen molar-refractivity contribution in [3.8, 4) is 17.6 Å². The van der Waals surface area contributed by atoms with Gasteiger partial charge < -0.3 is 10.5 Å². The van der Waals surface area contributed by atoms with Crippen molar-refractivity contribution in [2.75, 3.05) is 13.7 Å². The average Bonchev–Trinajstić information content (AvgIpc) is 2.86. The third-order valence-corrected chi connectivity index (χ3v) is 7.03. The van der Waals surface area contributed by atoms with Crippen LogP contribution in [0.15, 0.2) is 83.8 Å². The van der Waals surface area contributed by atoms with Crippen LogP contribution in [0.25, 0.3) is 0 Å². The zero-order valence-electron chi connectivity index (χ0n) is 18.8. The molecule has 1 amide bonds. The van der Waals surface area contributed by atoms with E-state index in [1.165, 1.54) is 0 Å². The van der Waals surface area contributed by atoms with Crippen molar-refractivity contribution in [3.63, 3.8) is 0 Å². The first-order valence-corrected chi connectivity index (χ1v) is 11.9. The van der Waals surface area contributed by atoms with Crippen LogP contribution in [0.4, 0.5) is 5.69 Å². The second-order valence-electron chi connectivity index (χ2n) is 7.44. The number of nitrogens with zero attached hydrogens (tertiary/aromatic N) is 2. The molecular formula is C25H23N3O6S. The van der Waals surface area contributed by atoms with E-state index >= 15 is 0 Å². The zero-order chi connectivity index (χ0) is 25.4. The Bertz CT molecular complexity index is 1350. The summed E-state index contributed by atoms with van der Waals surface area (Å²) in [6.45, 7) is -0.328. The van der Waals surface area contributed by atoms with Gasteiger partial charge in [-0.1, -0.05) is 42.2 Å². The summed E-state index contributed by atoms with van der Waals surface area (Å²) in [5.74, 6) is 5.49. The minimum atomic E-state index is -4.29. The first kappa shape index (κ1) is 25.4. The Hall–Kier alpha value is -4.20. The van der Waals surface area contributed by atoms with Gasteiger partial charge in [0.2, 0.25) is 15.9 Å². The lowest BCUT2D eigenvalue weighted by molar-refractivity contribution is -0.384. The first-order valence-electron chi connectivity index (χ1n) is 10.4. The van der Waals surface area contributed by atoms with E-state index < -0.39 is 26.9 Å². The number of nitrogens with two attached hydrogens (primary N) is 1. The number of primary amides is 1. The molecule has 1 atom stereocenters. The van der Waals surface area contributed by atoms with Crippen molar-refractivity contribution in [1.29, 1.82) is 0 Å². The number of carbonyl (C=O) groups is 1. The Morgan fingerprint density at radius 3 is 2.23 bits per heavy atom. The summed E-state index contributed by atoms with van der Waals surface area (Å²) in [5, 5.41) is 11.0. The molecule has 0 aliphatic heterocycles. The lowest BCUT2D eigenvalue weighted by Crippen LogP contribution is -2.49. The molecule has 0 unspecified atom stereocenters. The van der Waals surface area contributed by atoms with E-state index in [9.17, 15) is 23.3 Å². The molecule has 0 saturated carbocycles. The topological polar surface area (TPSA) is 133 Å². The van der Waals surface area contributed by atoms with Crippen LogP contribution in [0.3, 0.4) is 0 Å². The van der Waals surface area contributed by atoms with Gasteiger partial charge in [-0.25, -0.2) is 8.42 Å².